The van der Waals surface area contributed by atoms with Gasteiger partial charge in [0.2, 0.25) is 6.29 Å². The molecule has 1 aromatic heterocycles. The number of aromatic nitrogens is 1. The van der Waals surface area contributed by atoms with Crippen LogP contribution in [0.25, 0.3) is 11.3 Å². The smallest absolute Gasteiger partial charge is 0.223 e. The van der Waals surface area contributed by atoms with Crippen LogP contribution >= 0.6 is 11.3 Å². The molecule has 2 aromatic carbocycles. The lowest BCUT2D eigenvalue weighted by molar-refractivity contribution is -0.124. The van der Waals surface area contributed by atoms with E-state index in [1.54, 1.807) is 23.5 Å². The minimum atomic E-state index is -1.37. The van der Waals surface area contributed by atoms with Gasteiger partial charge in [0.15, 0.2) is 5.84 Å². The van der Waals surface area contributed by atoms with Gasteiger partial charge in [-0.2, -0.15) is 0 Å². The van der Waals surface area contributed by atoms with Crippen LogP contribution in [-0.2, 0) is 4.84 Å². The number of aliphatic hydroxyl groups excluding tert-OH is 2. The van der Waals surface area contributed by atoms with E-state index in [-0.39, 0.29) is 18.4 Å². The van der Waals surface area contributed by atoms with Crippen molar-refractivity contribution in [2.75, 3.05) is 6.61 Å². The van der Waals surface area contributed by atoms with Crippen LogP contribution < -0.4 is 10.5 Å². The first-order valence-electron chi connectivity index (χ1n) is 11.4. The molecular formula is C26H33N3O4S. The molecular weight excluding hydrogens is 450 g/mol. The molecule has 0 aliphatic heterocycles. The first-order valence-corrected chi connectivity index (χ1v) is 12.2. The Morgan fingerprint density at radius 3 is 2.38 bits per heavy atom. The summed E-state index contributed by atoms with van der Waals surface area (Å²) in [6.45, 7) is 8.38. The quantitative estimate of drug-likeness (QED) is 0.120. The standard InChI is InChI=1S/C26H33N3O4S/c1-16(2)24-22(28-18(4)34-24)19-10-12-21(13-11-19)33-26(31)23(30)17(3)14-15-32-29-25(27)20-8-6-5-7-9-20/h5-13,16-17,23,26,30-31H,14-15H2,1-4H3,(H2,27,29). The van der Waals surface area contributed by atoms with E-state index in [1.807, 2.05) is 56.3 Å². The Balaban J connectivity index is 1.50. The summed E-state index contributed by atoms with van der Waals surface area (Å²) < 4.78 is 5.57. The molecule has 3 rings (SSSR count). The van der Waals surface area contributed by atoms with Crippen molar-refractivity contribution in [3.05, 3.63) is 70.0 Å². The van der Waals surface area contributed by atoms with Gasteiger partial charge < -0.3 is 25.5 Å². The fraction of sp³-hybridized carbons (Fsp3) is 0.385. The Labute approximate surface area is 204 Å². The molecule has 34 heavy (non-hydrogen) atoms. The molecule has 0 amide bonds. The molecule has 7 nitrogen and oxygen atoms in total. The summed E-state index contributed by atoms with van der Waals surface area (Å²) >= 11 is 1.71. The number of benzene rings is 2. The Hall–Kier alpha value is -2.94. The van der Waals surface area contributed by atoms with E-state index < -0.39 is 12.4 Å². The largest absolute Gasteiger partial charge is 0.462 e. The lowest BCUT2D eigenvalue weighted by Crippen LogP contribution is -2.36. The summed E-state index contributed by atoms with van der Waals surface area (Å²) in [4.78, 5) is 11.2. The van der Waals surface area contributed by atoms with Crippen molar-refractivity contribution in [1.82, 2.24) is 4.98 Å². The zero-order valence-electron chi connectivity index (χ0n) is 20.0. The van der Waals surface area contributed by atoms with Crippen molar-refractivity contribution < 1.29 is 19.8 Å². The number of nitrogens with two attached hydrogens (primary N) is 1. The van der Waals surface area contributed by atoms with Crippen LogP contribution in [0.3, 0.4) is 0 Å². The summed E-state index contributed by atoms with van der Waals surface area (Å²) in [5.74, 6) is 0.861. The summed E-state index contributed by atoms with van der Waals surface area (Å²) in [5, 5.41) is 25.8. The summed E-state index contributed by atoms with van der Waals surface area (Å²) in [6, 6.07) is 16.7. The molecule has 0 saturated heterocycles. The number of thiazole rings is 1. The van der Waals surface area contributed by atoms with E-state index in [9.17, 15) is 10.2 Å². The molecule has 0 aliphatic rings. The zero-order valence-corrected chi connectivity index (χ0v) is 20.8. The van der Waals surface area contributed by atoms with Crippen LogP contribution in [0, 0.1) is 12.8 Å². The van der Waals surface area contributed by atoms with Crippen molar-refractivity contribution in [2.45, 2.75) is 52.4 Å². The van der Waals surface area contributed by atoms with Crippen molar-refractivity contribution in [1.29, 1.82) is 0 Å². The highest BCUT2D eigenvalue weighted by Crippen LogP contribution is 2.34. The molecule has 0 saturated carbocycles. The highest BCUT2D eigenvalue weighted by atomic mass is 32.1. The number of hydrogen-bond acceptors (Lipinski definition) is 7. The van der Waals surface area contributed by atoms with Gasteiger partial charge >= 0.3 is 0 Å². The van der Waals surface area contributed by atoms with Crippen molar-refractivity contribution in [3.63, 3.8) is 0 Å². The predicted octanol–water partition coefficient (Wildman–Crippen LogP) is 4.66. The zero-order chi connectivity index (χ0) is 24.7. The number of nitrogens with zero attached hydrogens (tertiary/aromatic N) is 2. The number of aliphatic hydroxyl groups is 2. The Morgan fingerprint density at radius 1 is 1.06 bits per heavy atom. The number of ether oxygens (including phenoxy) is 1. The number of hydrogen-bond donors (Lipinski definition) is 3. The normalized spacial score (nSPS) is 14.6. The van der Waals surface area contributed by atoms with Gasteiger partial charge in [0, 0.05) is 16.0 Å². The molecule has 3 aromatic rings. The van der Waals surface area contributed by atoms with Crippen LogP contribution in [0.4, 0.5) is 0 Å². The number of oxime groups is 1. The third kappa shape index (κ3) is 6.79. The van der Waals surface area contributed by atoms with Crippen molar-refractivity contribution in [3.8, 4) is 17.0 Å². The van der Waals surface area contributed by atoms with Gasteiger partial charge in [0.1, 0.15) is 18.5 Å². The molecule has 0 aliphatic carbocycles. The van der Waals surface area contributed by atoms with Gasteiger partial charge in [0.25, 0.3) is 0 Å². The molecule has 0 radical (unpaired) electrons. The molecule has 8 heteroatoms. The maximum atomic E-state index is 10.5. The maximum absolute atomic E-state index is 10.5. The van der Waals surface area contributed by atoms with Gasteiger partial charge in [-0.1, -0.05) is 56.3 Å². The Bertz CT molecular complexity index is 1070. The van der Waals surface area contributed by atoms with E-state index in [1.165, 1.54) is 4.88 Å². The SMILES string of the molecule is Cc1nc(-c2ccc(OC(O)C(O)C(C)CCON=C(N)c3ccccc3)cc2)c(C(C)C)s1. The van der Waals surface area contributed by atoms with Gasteiger partial charge in [-0.05, 0) is 49.4 Å². The minimum Gasteiger partial charge on any atom is -0.462 e. The molecule has 3 atom stereocenters. The van der Waals surface area contributed by atoms with E-state index in [2.05, 4.69) is 24.0 Å². The highest BCUT2D eigenvalue weighted by molar-refractivity contribution is 7.12. The fourth-order valence-corrected chi connectivity index (χ4v) is 4.36. The predicted molar refractivity (Wildman–Crippen MR) is 136 cm³/mol. The van der Waals surface area contributed by atoms with E-state index in [0.29, 0.717) is 18.1 Å². The third-order valence-electron chi connectivity index (χ3n) is 5.44. The lowest BCUT2D eigenvalue weighted by atomic mass is 10.0. The third-order valence-corrected chi connectivity index (χ3v) is 6.71. The molecule has 0 fully saturated rings. The number of aryl methyl sites for hydroxylation is 1. The molecule has 182 valence electrons. The second kappa shape index (κ2) is 12.0. The van der Waals surface area contributed by atoms with Crippen molar-refractivity contribution >= 4 is 17.2 Å². The summed E-state index contributed by atoms with van der Waals surface area (Å²) in [5.41, 5.74) is 8.64. The lowest BCUT2D eigenvalue weighted by Gasteiger charge is -2.24. The van der Waals surface area contributed by atoms with Crippen LogP contribution in [0.1, 0.15) is 48.6 Å². The van der Waals surface area contributed by atoms with Gasteiger partial charge in [-0.25, -0.2) is 4.98 Å². The van der Waals surface area contributed by atoms with Crippen LogP contribution in [0.2, 0.25) is 0 Å². The number of amidine groups is 1. The van der Waals surface area contributed by atoms with Gasteiger partial charge in [-0.3, -0.25) is 0 Å². The van der Waals surface area contributed by atoms with Crippen LogP contribution in [0.5, 0.6) is 5.75 Å². The average Bonchev–Trinajstić information content (AvgIpc) is 3.24. The van der Waals surface area contributed by atoms with Gasteiger partial charge in [-0.15, -0.1) is 11.3 Å². The highest BCUT2D eigenvalue weighted by Gasteiger charge is 2.25. The second-order valence-electron chi connectivity index (χ2n) is 8.57. The number of rotatable bonds is 11. The Morgan fingerprint density at radius 2 is 1.74 bits per heavy atom. The molecule has 3 unspecified atom stereocenters. The second-order valence-corrected chi connectivity index (χ2v) is 9.80. The molecule has 0 bridgehead atoms. The van der Waals surface area contributed by atoms with Crippen molar-refractivity contribution in [2.24, 2.45) is 16.8 Å². The first kappa shape index (κ1) is 25.7. The van der Waals surface area contributed by atoms with E-state index >= 15 is 0 Å². The topological polar surface area (TPSA) is 110 Å². The van der Waals surface area contributed by atoms with Crippen LogP contribution in [0.15, 0.2) is 59.8 Å². The summed E-state index contributed by atoms with van der Waals surface area (Å²) in [7, 11) is 0. The Kier molecular flexibility index (Phi) is 9.04. The molecule has 0 spiro atoms. The van der Waals surface area contributed by atoms with E-state index in [0.717, 1.165) is 21.8 Å². The monoisotopic (exact) mass is 483 g/mol. The molecule has 1 heterocycles. The minimum absolute atomic E-state index is 0.248. The average molecular weight is 484 g/mol. The first-order chi connectivity index (χ1) is 16.3. The fourth-order valence-electron chi connectivity index (χ4n) is 3.41. The molecule has 4 N–H and O–H groups in total. The van der Waals surface area contributed by atoms with Gasteiger partial charge in [0.05, 0.1) is 10.7 Å². The van der Waals surface area contributed by atoms with Crippen LogP contribution in [-0.4, -0.2) is 40.0 Å². The van der Waals surface area contributed by atoms with E-state index in [4.69, 9.17) is 15.3 Å². The summed E-state index contributed by atoms with van der Waals surface area (Å²) in [6.07, 6.45) is -1.99. The maximum Gasteiger partial charge on any atom is 0.223 e.